The number of carbonyl (C=O) groups is 1. The third-order valence-corrected chi connectivity index (χ3v) is 4.63. The Balaban J connectivity index is 1.91. The van der Waals surface area contributed by atoms with Crippen LogP contribution in [-0.4, -0.2) is 35.4 Å². The van der Waals surface area contributed by atoms with Gasteiger partial charge in [-0.2, -0.15) is 19.9 Å². The molecule has 29 heavy (non-hydrogen) atoms. The molecular weight excluding hydrogens is 370 g/mol. The van der Waals surface area contributed by atoms with E-state index in [0.717, 1.165) is 16.8 Å². The largest absolute Gasteiger partial charge is 0.310 e. The highest BCUT2D eigenvalue weighted by atomic mass is 16.1. The molecule has 0 unspecified atom stereocenters. The topological polar surface area (TPSA) is 110 Å². The van der Waals surface area contributed by atoms with Gasteiger partial charge < -0.3 is 5.32 Å². The van der Waals surface area contributed by atoms with Gasteiger partial charge in [0.15, 0.2) is 5.65 Å². The third-order valence-electron chi connectivity index (χ3n) is 4.63. The second-order valence-electron chi connectivity index (χ2n) is 6.96. The van der Waals surface area contributed by atoms with Gasteiger partial charge in [0.1, 0.15) is 11.2 Å². The van der Waals surface area contributed by atoms with Crippen LogP contribution in [0.5, 0.6) is 0 Å². The average Bonchev–Trinajstić information content (AvgIpc) is 3.25. The number of aromatic nitrogens is 6. The van der Waals surface area contributed by atoms with Gasteiger partial charge in [-0.25, -0.2) is 4.68 Å². The van der Waals surface area contributed by atoms with E-state index in [4.69, 9.17) is 0 Å². The number of benzene rings is 1. The minimum Gasteiger partial charge on any atom is -0.310 e. The molecule has 0 atom stereocenters. The van der Waals surface area contributed by atoms with Crippen LogP contribution in [0.4, 0.5) is 5.82 Å². The fourth-order valence-electron chi connectivity index (χ4n) is 3.21. The molecule has 2 N–H and O–H groups in total. The van der Waals surface area contributed by atoms with Gasteiger partial charge >= 0.3 is 0 Å². The van der Waals surface area contributed by atoms with Crippen molar-refractivity contribution >= 4 is 22.8 Å². The molecule has 9 heteroatoms. The Morgan fingerprint density at radius 1 is 1.17 bits per heavy atom. The average molecular weight is 391 g/mol. The molecule has 9 nitrogen and oxygen atoms in total. The highest BCUT2D eigenvalue weighted by molar-refractivity contribution is 5.90. The maximum absolute atomic E-state index is 12.7. The summed E-state index contributed by atoms with van der Waals surface area (Å²) >= 11 is 0. The number of nitrogens with zero attached hydrogens (tertiary/aromatic N) is 5. The second-order valence-corrected chi connectivity index (χ2v) is 6.96. The molecular formula is C20H21N7O2. The Kier molecular flexibility index (Phi) is 4.50. The number of amides is 1. The SMILES string of the molecule is CCC(=O)Nc1cc(C)nn1-c1nc2c(cnn2-c2ccc(C)cc2C)c(=O)[nH]1. The number of nitrogens with one attached hydrogen (secondary N) is 2. The van der Waals surface area contributed by atoms with E-state index in [0.29, 0.717) is 29.0 Å². The van der Waals surface area contributed by atoms with Crippen LogP contribution in [0.1, 0.15) is 30.2 Å². The Hall–Kier alpha value is -3.75. The Labute approximate surface area is 166 Å². The van der Waals surface area contributed by atoms with Crippen molar-refractivity contribution in [2.75, 3.05) is 5.32 Å². The van der Waals surface area contributed by atoms with Crippen LogP contribution in [0.2, 0.25) is 0 Å². The smallest absolute Gasteiger partial charge is 0.263 e. The van der Waals surface area contributed by atoms with Gasteiger partial charge in [-0.05, 0) is 32.4 Å². The molecule has 0 aliphatic rings. The third kappa shape index (κ3) is 3.31. The predicted octanol–water partition coefficient (Wildman–Crippen LogP) is 2.57. The number of hydrogen-bond acceptors (Lipinski definition) is 5. The predicted molar refractivity (Wildman–Crippen MR) is 110 cm³/mol. The Morgan fingerprint density at radius 3 is 2.69 bits per heavy atom. The fraction of sp³-hybridized carbons (Fsp3) is 0.250. The molecule has 0 fully saturated rings. The fourth-order valence-corrected chi connectivity index (χ4v) is 3.21. The molecule has 0 saturated heterocycles. The molecule has 0 radical (unpaired) electrons. The molecule has 4 rings (SSSR count). The second kappa shape index (κ2) is 7.01. The van der Waals surface area contributed by atoms with Crippen LogP contribution < -0.4 is 10.9 Å². The van der Waals surface area contributed by atoms with Gasteiger partial charge in [0.25, 0.3) is 5.56 Å². The van der Waals surface area contributed by atoms with Crippen molar-refractivity contribution in [3.8, 4) is 11.6 Å². The molecule has 3 aromatic heterocycles. The summed E-state index contributed by atoms with van der Waals surface area (Å²) in [5.41, 5.74) is 3.76. The number of H-pyrrole nitrogens is 1. The summed E-state index contributed by atoms with van der Waals surface area (Å²) in [6.45, 7) is 7.57. The van der Waals surface area contributed by atoms with E-state index in [9.17, 15) is 9.59 Å². The summed E-state index contributed by atoms with van der Waals surface area (Å²) in [6.07, 6.45) is 1.82. The number of anilines is 1. The van der Waals surface area contributed by atoms with E-state index in [2.05, 4.69) is 25.5 Å². The van der Waals surface area contributed by atoms with Crippen molar-refractivity contribution in [1.29, 1.82) is 0 Å². The van der Waals surface area contributed by atoms with Crippen LogP contribution in [0.15, 0.2) is 35.3 Å². The van der Waals surface area contributed by atoms with Crippen LogP contribution in [-0.2, 0) is 4.79 Å². The van der Waals surface area contributed by atoms with E-state index < -0.39 is 0 Å². The Morgan fingerprint density at radius 2 is 1.97 bits per heavy atom. The normalized spacial score (nSPS) is 11.2. The van der Waals surface area contributed by atoms with Crippen LogP contribution in [0, 0.1) is 20.8 Å². The summed E-state index contributed by atoms with van der Waals surface area (Å²) in [5.74, 6) is 0.484. The molecule has 0 aliphatic carbocycles. The van der Waals surface area contributed by atoms with Crippen LogP contribution in [0.3, 0.4) is 0 Å². The van der Waals surface area contributed by atoms with Crippen molar-refractivity contribution in [1.82, 2.24) is 29.5 Å². The molecule has 0 bridgehead atoms. The molecule has 0 aliphatic heterocycles. The molecule has 0 spiro atoms. The summed E-state index contributed by atoms with van der Waals surface area (Å²) in [4.78, 5) is 31.9. The van der Waals surface area contributed by atoms with Gasteiger partial charge in [0, 0.05) is 12.5 Å². The zero-order valence-corrected chi connectivity index (χ0v) is 16.6. The minimum atomic E-state index is -0.332. The van der Waals surface area contributed by atoms with Crippen molar-refractivity contribution < 1.29 is 4.79 Å². The van der Waals surface area contributed by atoms with Crippen molar-refractivity contribution in [2.24, 2.45) is 0 Å². The summed E-state index contributed by atoms with van der Waals surface area (Å²) in [6, 6.07) is 7.70. The zero-order chi connectivity index (χ0) is 20.7. The quantitative estimate of drug-likeness (QED) is 0.555. The summed E-state index contributed by atoms with van der Waals surface area (Å²) < 4.78 is 3.06. The number of carbonyl (C=O) groups excluding carboxylic acids is 1. The summed E-state index contributed by atoms with van der Waals surface area (Å²) in [5, 5.41) is 11.9. The monoisotopic (exact) mass is 391 g/mol. The molecule has 3 heterocycles. The maximum Gasteiger partial charge on any atom is 0.263 e. The van der Waals surface area contributed by atoms with Crippen molar-refractivity contribution in [3.05, 3.63) is 57.6 Å². The number of hydrogen-bond donors (Lipinski definition) is 2. The lowest BCUT2D eigenvalue weighted by Crippen LogP contribution is -2.18. The molecule has 1 amide bonds. The Bertz CT molecular complexity index is 1300. The lowest BCUT2D eigenvalue weighted by atomic mass is 10.1. The zero-order valence-electron chi connectivity index (χ0n) is 16.6. The first-order chi connectivity index (χ1) is 13.9. The van der Waals surface area contributed by atoms with Crippen molar-refractivity contribution in [3.63, 3.8) is 0 Å². The van der Waals surface area contributed by atoms with Crippen molar-refractivity contribution in [2.45, 2.75) is 34.1 Å². The van der Waals surface area contributed by atoms with E-state index in [1.54, 1.807) is 24.6 Å². The first kappa shape index (κ1) is 18.6. The molecule has 1 aromatic carbocycles. The number of fused-ring (bicyclic) bond motifs is 1. The number of rotatable bonds is 4. The highest BCUT2D eigenvalue weighted by Crippen LogP contribution is 2.20. The first-order valence-electron chi connectivity index (χ1n) is 9.30. The molecule has 148 valence electrons. The van der Waals surface area contributed by atoms with Gasteiger partial charge in [-0.15, -0.1) is 0 Å². The van der Waals surface area contributed by atoms with Crippen LogP contribution >= 0.6 is 0 Å². The lowest BCUT2D eigenvalue weighted by molar-refractivity contribution is -0.115. The van der Waals surface area contributed by atoms with Gasteiger partial charge in [-0.1, -0.05) is 24.6 Å². The first-order valence-corrected chi connectivity index (χ1v) is 9.30. The summed E-state index contributed by atoms with van der Waals surface area (Å²) in [7, 11) is 0. The lowest BCUT2D eigenvalue weighted by Gasteiger charge is -2.10. The standard InChI is InChI=1S/C20H21N7O2/c1-5-17(28)22-16-9-13(4)25-27(16)20-23-18-14(19(29)24-20)10-21-26(18)15-7-6-11(2)8-12(15)3/h6-10H,5H2,1-4H3,(H,22,28)(H,23,24,29). The van der Waals surface area contributed by atoms with Gasteiger partial charge in [0.05, 0.1) is 17.6 Å². The highest BCUT2D eigenvalue weighted by Gasteiger charge is 2.17. The minimum absolute atomic E-state index is 0.158. The molecule has 0 saturated carbocycles. The van der Waals surface area contributed by atoms with E-state index >= 15 is 0 Å². The van der Waals surface area contributed by atoms with E-state index in [1.807, 2.05) is 32.0 Å². The van der Waals surface area contributed by atoms with Gasteiger partial charge in [-0.3, -0.25) is 14.6 Å². The van der Waals surface area contributed by atoms with E-state index in [-0.39, 0.29) is 17.4 Å². The number of aromatic amines is 1. The molecule has 4 aromatic rings. The van der Waals surface area contributed by atoms with E-state index in [1.165, 1.54) is 10.9 Å². The van der Waals surface area contributed by atoms with Crippen LogP contribution in [0.25, 0.3) is 22.7 Å². The number of aryl methyl sites for hydroxylation is 3. The van der Waals surface area contributed by atoms with Gasteiger partial charge in [0.2, 0.25) is 11.9 Å². The maximum atomic E-state index is 12.7.